The number of ether oxygens (including phenoxy) is 1. The van der Waals surface area contributed by atoms with E-state index >= 15 is 0 Å². The molecule has 0 aliphatic carbocycles. The number of nitrogens with one attached hydrogen (secondary N) is 2. The van der Waals surface area contributed by atoms with E-state index < -0.39 is 0 Å². The maximum atomic E-state index is 11.6. The van der Waals surface area contributed by atoms with Gasteiger partial charge in [-0.15, -0.1) is 0 Å². The van der Waals surface area contributed by atoms with Crippen LogP contribution < -0.4 is 15.4 Å². The molecule has 1 atom stereocenters. The first-order valence-corrected chi connectivity index (χ1v) is 9.51. The van der Waals surface area contributed by atoms with Gasteiger partial charge in [-0.3, -0.25) is 4.79 Å². The van der Waals surface area contributed by atoms with Crippen LogP contribution in [-0.2, 0) is 4.79 Å². The molecule has 2 rings (SSSR count). The molecule has 1 amide bonds. The van der Waals surface area contributed by atoms with Crippen LogP contribution in [0.3, 0.4) is 0 Å². The molecule has 26 heavy (non-hydrogen) atoms. The van der Waals surface area contributed by atoms with Crippen LogP contribution >= 0.6 is 0 Å². The molecule has 6 heteroatoms. The van der Waals surface area contributed by atoms with Gasteiger partial charge in [0.05, 0.1) is 6.54 Å². The third-order valence-electron chi connectivity index (χ3n) is 4.47. The number of likely N-dealkylation sites (N-methyl/N-ethyl adjacent to an activating group) is 1. The largest absolute Gasteiger partial charge is 0.491 e. The van der Waals surface area contributed by atoms with Gasteiger partial charge in [-0.25, -0.2) is 4.99 Å². The van der Waals surface area contributed by atoms with Crippen LogP contribution in [0, 0.1) is 0 Å². The highest BCUT2D eigenvalue weighted by atomic mass is 16.5. The number of piperidine rings is 1. The van der Waals surface area contributed by atoms with E-state index in [9.17, 15) is 4.79 Å². The van der Waals surface area contributed by atoms with E-state index in [1.165, 1.54) is 5.56 Å². The lowest BCUT2D eigenvalue weighted by molar-refractivity contribution is -0.132. The molecule has 1 aliphatic rings. The number of hydrogen-bond acceptors (Lipinski definition) is 3. The van der Waals surface area contributed by atoms with Crippen molar-refractivity contribution in [2.24, 2.45) is 4.99 Å². The Labute approximate surface area is 157 Å². The number of rotatable bonds is 7. The van der Waals surface area contributed by atoms with Crippen LogP contribution in [0.25, 0.3) is 0 Å². The maximum Gasteiger partial charge on any atom is 0.222 e. The number of carbonyl (C=O) groups excluding carboxylic acids is 1. The number of amides is 1. The fourth-order valence-corrected chi connectivity index (χ4v) is 3.05. The van der Waals surface area contributed by atoms with Crippen LogP contribution in [0.2, 0.25) is 0 Å². The van der Waals surface area contributed by atoms with Crippen molar-refractivity contribution in [3.63, 3.8) is 0 Å². The fraction of sp³-hybridized carbons (Fsp3) is 0.600. The molecule has 2 N–H and O–H groups in total. The molecule has 0 aromatic heterocycles. The Kier molecular flexibility index (Phi) is 7.75. The highest BCUT2D eigenvalue weighted by molar-refractivity contribution is 5.81. The first-order valence-electron chi connectivity index (χ1n) is 9.51. The average Bonchev–Trinajstić information content (AvgIpc) is 2.62. The predicted molar refractivity (Wildman–Crippen MR) is 106 cm³/mol. The maximum absolute atomic E-state index is 11.6. The molecule has 1 saturated heterocycles. The minimum Gasteiger partial charge on any atom is -0.491 e. The summed E-state index contributed by atoms with van der Waals surface area (Å²) in [6, 6.07) is 8.39. The minimum absolute atomic E-state index is 0.210. The minimum atomic E-state index is 0.210. The Morgan fingerprint density at radius 3 is 2.85 bits per heavy atom. The molecule has 6 nitrogen and oxygen atoms in total. The number of likely N-dealkylation sites (tertiary alicyclic amines) is 1. The van der Waals surface area contributed by atoms with E-state index in [0.29, 0.717) is 32.0 Å². The summed E-state index contributed by atoms with van der Waals surface area (Å²) < 4.78 is 5.93. The van der Waals surface area contributed by atoms with Gasteiger partial charge in [0, 0.05) is 32.6 Å². The molecule has 1 heterocycles. The Hall–Kier alpha value is -2.24. The van der Waals surface area contributed by atoms with Crippen molar-refractivity contribution < 1.29 is 9.53 Å². The van der Waals surface area contributed by atoms with Crippen molar-refractivity contribution in [2.75, 3.05) is 33.3 Å². The van der Waals surface area contributed by atoms with Gasteiger partial charge in [0.25, 0.3) is 0 Å². The number of guanidine groups is 1. The van der Waals surface area contributed by atoms with Gasteiger partial charge in [0.15, 0.2) is 5.96 Å². The van der Waals surface area contributed by atoms with Crippen LogP contribution in [-0.4, -0.2) is 56.1 Å². The molecule has 1 aliphatic heterocycles. The molecule has 1 aromatic rings. The molecule has 0 saturated carbocycles. The Bertz CT molecular complexity index is 616. The molecule has 144 valence electrons. The van der Waals surface area contributed by atoms with Gasteiger partial charge in [0.2, 0.25) is 5.91 Å². The number of aliphatic imine (C=N–C) groups is 1. The Morgan fingerprint density at radius 2 is 2.15 bits per heavy atom. The standard InChI is InChI=1S/C20H32N4O2/c1-5-21-20(23-16-10-11-19(25)24(4)14-16)22-12-13-26-18-9-7-6-8-17(18)15(2)3/h6-9,15-16H,5,10-14H2,1-4H3,(H2,21,22,23). The zero-order valence-electron chi connectivity index (χ0n) is 16.4. The first kappa shape index (κ1) is 20.1. The molecule has 0 bridgehead atoms. The number of nitrogens with zero attached hydrogens (tertiary/aromatic N) is 2. The van der Waals surface area contributed by atoms with Gasteiger partial charge in [-0.05, 0) is 30.9 Å². The summed E-state index contributed by atoms with van der Waals surface area (Å²) in [7, 11) is 1.85. The van der Waals surface area contributed by atoms with Crippen LogP contribution in [0.15, 0.2) is 29.3 Å². The second-order valence-electron chi connectivity index (χ2n) is 6.96. The number of benzene rings is 1. The van der Waals surface area contributed by atoms with E-state index in [2.05, 4.69) is 35.5 Å². The van der Waals surface area contributed by atoms with Gasteiger partial charge < -0.3 is 20.3 Å². The Morgan fingerprint density at radius 1 is 1.38 bits per heavy atom. The predicted octanol–water partition coefficient (Wildman–Crippen LogP) is 2.36. The normalized spacial score (nSPS) is 18.2. The van der Waals surface area contributed by atoms with Crippen molar-refractivity contribution in [3.8, 4) is 5.75 Å². The lowest BCUT2D eigenvalue weighted by Gasteiger charge is -2.31. The zero-order chi connectivity index (χ0) is 18.9. The summed E-state index contributed by atoms with van der Waals surface area (Å²) in [6.07, 6.45) is 1.43. The number of para-hydroxylation sites is 1. The summed E-state index contributed by atoms with van der Waals surface area (Å²) in [5.41, 5.74) is 1.22. The first-order chi connectivity index (χ1) is 12.5. The fourth-order valence-electron chi connectivity index (χ4n) is 3.05. The molecule has 1 unspecified atom stereocenters. The van der Waals surface area contributed by atoms with Crippen LogP contribution in [0.4, 0.5) is 0 Å². The van der Waals surface area contributed by atoms with E-state index in [1.807, 2.05) is 32.2 Å². The van der Waals surface area contributed by atoms with Crippen molar-refractivity contribution in [1.82, 2.24) is 15.5 Å². The Balaban J connectivity index is 1.86. The molecular weight excluding hydrogens is 328 g/mol. The van der Waals surface area contributed by atoms with E-state index in [1.54, 1.807) is 4.90 Å². The average molecular weight is 361 g/mol. The SMILES string of the molecule is CCNC(=NCCOc1ccccc1C(C)C)NC1CCC(=O)N(C)C1. The monoisotopic (exact) mass is 360 g/mol. The van der Waals surface area contributed by atoms with Crippen molar-refractivity contribution in [1.29, 1.82) is 0 Å². The number of carbonyl (C=O) groups is 1. The van der Waals surface area contributed by atoms with Crippen molar-refractivity contribution in [2.45, 2.75) is 45.6 Å². The van der Waals surface area contributed by atoms with Gasteiger partial charge in [-0.2, -0.15) is 0 Å². The van der Waals surface area contributed by atoms with E-state index in [4.69, 9.17) is 4.74 Å². The highest BCUT2D eigenvalue weighted by Crippen LogP contribution is 2.25. The van der Waals surface area contributed by atoms with Gasteiger partial charge in [-0.1, -0.05) is 32.0 Å². The highest BCUT2D eigenvalue weighted by Gasteiger charge is 2.23. The molecule has 1 fully saturated rings. The van der Waals surface area contributed by atoms with E-state index in [0.717, 1.165) is 24.7 Å². The van der Waals surface area contributed by atoms with Gasteiger partial charge >= 0.3 is 0 Å². The summed E-state index contributed by atoms with van der Waals surface area (Å²) in [5.74, 6) is 2.35. The summed E-state index contributed by atoms with van der Waals surface area (Å²) >= 11 is 0. The summed E-state index contributed by atoms with van der Waals surface area (Å²) in [6.45, 7) is 8.99. The molecular formula is C20H32N4O2. The molecule has 0 spiro atoms. The zero-order valence-corrected chi connectivity index (χ0v) is 16.4. The third-order valence-corrected chi connectivity index (χ3v) is 4.47. The lowest BCUT2D eigenvalue weighted by Crippen LogP contribution is -2.51. The smallest absolute Gasteiger partial charge is 0.222 e. The quantitative estimate of drug-likeness (QED) is 0.445. The number of hydrogen-bond donors (Lipinski definition) is 2. The second kappa shape index (κ2) is 10.0. The molecule has 0 radical (unpaired) electrons. The van der Waals surface area contributed by atoms with Crippen LogP contribution in [0.5, 0.6) is 5.75 Å². The van der Waals surface area contributed by atoms with E-state index in [-0.39, 0.29) is 11.9 Å². The van der Waals surface area contributed by atoms with Crippen molar-refractivity contribution >= 4 is 11.9 Å². The topological polar surface area (TPSA) is 66.0 Å². The van der Waals surface area contributed by atoms with Gasteiger partial charge in [0.1, 0.15) is 12.4 Å². The van der Waals surface area contributed by atoms with Crippen molar-refractivity contribution in [3.05, 3.63) is 29.8 Å². The summed E-state index contributed by atoms with van der Waals surface area (Å²) in [4.78, 5) is 18.0. The molecule has 1 aromatic carbocycles. The van der Waals surface area contributed by atoms with Crippen LogP contribution in [0.1, 0.15) is 45.1 Å². The third kappa shape index (κ3) is 5.93. The summed E-state index contributed by atoms with van der Waals surface area (Å²) in [5, 5.41) is 6.69. The second-order valence-corrected chi connectivity index (χ2v) is 6.96. The lowest BCUT2D eigenvalue weighted by atomic mass is 10.0.